The van der Waals surface area contributed by atoms with E-state index in [1.165, 1.54) is 6.07 Å². The number of benzene rings is 1. The Balaban J connectivity index is 1.87. The molecule has 0 bridgehead atoms. The van der Waals surface area contributed by atoms with Crippen molar-refractivity contribution in [2.24, 2.45) is 7.05 Å². The molecule has 0 fully saturated rings. The highest BCUT2D eigenvalue weighted by atomic mass is 35.5. The molecular formula is C20H17Cl2FN4O. The van der Waals surface area contributed by atoms with E-state index in [1.54, 1.807) is 37.3 Å². The van der Waals surface area contributed by atoms with Gasteiger partial charge in [0.15, 0.2) is 0 Å². The van der Waals surface area contributed by atoms with E-state index in [2.05, 4.69) is 15.1 Å². The van der Waals surface area contributed by atoms with Crippen LogP contribution in [0.1, 0.15) is 24.0 Å². The van der Waals surface area contributed by atoms with Crippen molar-refractivity contribution >= 4 is 34.2 Å². The van der Waals surface area contributed by atoms with Crippen molar-refractivity contribution in [1.29, 1.82) is 0 Å². The van der Waals surface area contributed by atoms with E-state index in [1.807, 2.05) is 19.2 Å². The Morgan fingerprint density at radius 2 is 2.04 bits per heavy atom. The van der Waals surface area contributed by atoms with Gasteiger partial charge in [-0.25, -0.2) is 9.37 Å². The Morgan fingerprint density at radius 3 is 2.71 bits per heavy atom. The average molecular weight is 419 g/mol. The Labute approximate surface area is 171 Å². The molecule has 3 aromatic heterocycles. The highest BCUT2D eigenvalue weighted by Gasteiger charge is 2.23. The number of hydrogen-bond donors (Lipinski definition) is 1. The van der Waals surface area contributed by atoms with E-state index in [-0.39, 0.29) is 10.9 Å². The lowest BCUT2D eigenvalue weighted by molar-refractivity contribution is 0.407. The fraction of sp³-hybridized carbons (Fsp3) is 0.200. The van der Waals surface area contributed by atoms with Crippen LogP contribution in [0, 0.1) is 5.82 Å². The molecule has 0 aliphatic heterocycles. The molecule has 0 amide bonds. The molecule has 1 atom stereocenters. The number of nitrogens with zero attached hydrogens (tertiary/aromatic N) is 3. The first-order chi connectivity index (χ1) is 13.4. The van der Waals surface area contributed by atoms with E-state index < -0.39 is 5.82 Å². The summed E-state index contributed by atoms with van der Waals surface area (Å²) in [7, 11) is 3.32. The zero-order valence-electron chi connectivity index (χ0n) is 15.4. The predicted octanol–water partition coefficient (Wildman–Crippen LogP) is 5.57. The molecule has 4 aromatic rings. The molecule has 0 aliphatic rings. The minimum Gasteiger partial charge on any atom is -0.496 e. The molecule has 0 spiro atoms. The Hall–Kier alpha value is -2.57. The van der Waals surface area contributed by atoms with E-state index in [9.17, 15) is 4.39 Å². The van der Waals surface area contributed by atoms with Crippen LogP contribution in [0.15, 0.2) is 36.8 Å². The summed E-state index contributed by atoms with van der Waals surface area (Å²) in [5.74, 6) is -0.175. The summed E-state index contributed by atoms with van der Waals surface area (Å²) in [6, 6.07) is 4.88. The van der Waals surface area contributed by atoms with Gasteiger partial charge in [-0.2, -0.15) is 5.10 Å². The topological polar surface area (TPSA) is 55.7 Å². The van der Waals surface area contributed by atoms with Crippen molar-refractivity contribution in [2.75, 3.05) is 7.11 Å². The fourth-order valence-electron chi connectivity index (χ4n) is 3.43. The molecule has 0 saturated heterocycles. The average Bonchev–Trinajstić information content (AvgIpc) is 3.26. The molecule has 4 rings (SSSR count). The summed E-state index contributed by atoms with van der Waals surface area (Å²) in [6.07, 6.45) is 5.30. The predicted molar refractivity (Wildman–Crippen MR) is 109 cm³/mol. The van der Waals surface area contributed by atoms with Crippen molar-refractivity contribution in [1.82, 2.24) is 19.7 Å². The van der Waals surface area contributed by atoms with Crippen molar-refractivity contribution in [2.45, 2.75) is 12.8 Å². The third-order valence-corrected chi connectivity index (χ3v) is 5.78. The second kappa shape index (κ2) is 7.11. The summed E-state index contributed by atoms with van der Waals surface area (Å²) in [5, 5.41) is 5.66. The number of H-pyrrole nitrogens is 1. The number of hydrogen-bond acceptors (Lipinski definition) is 3. The largest absolute Gasteiger partial charge is 0.496 e. The van der Waals surface area contributed by atoms with E-state index in [4.69, 9.17) is 27.9 Å². The van der Waals surface area contributed by atoms with Crippen LogP contribution < -0.4 is 4.74 Å². The normalized spacial score (nSPS) is 12.5. The van der Waals surface area contributed by atoms with E-state index >= 15 is 0 Å². The Kier molecular flexibility index (Phi) is 4.77. The number of pyridine rings is 1. The van der Waals surface area contributed by atoms with Crippen LogP contribution in [0.25, 0.3) is 22.2 Å². The third kappa shape index (κ3) is 2.93. The molecule has 1 aromatic carbocycles. The number of nitrogens with one attached hydrogen (secondary N) is 1. The minimum atomic E-state index is -0.481. The monoisotopic (exact) mass is 418 g/mol. The summed E-state index contributed by atoms with van der Waals surface area (Å²) < 4.78 is 21.1. The van der Waals surface area contributed by atoms with Gasteiger partial charge in [0.25, 0.3) is 0 Å². The first-order valence-corrected chi connectivity index (χ1v) is 9.34. The molecule has 8 heteroatoms. The summed E-state index contributed by atoms with van der Waals surface area (Å²) >= 11 is 12.6. The SMILES string of the molecule is COc1ccc(F)c(Cl)c1C(C)c1c[nH]c2ncc(-c3cnn(C)c3Cl)cc12. The zero-order valence-corrected chi connectivity index (χ0v) is 16.9. The molecular weight excluding hydrogens is 402 g/mol. The fourth-order valence-corrected chi connectivity index (χ4v) is 3.95. The third-order valence-electron chi connectivity index (χ3n) is 4.95. The number of halogens is 3. The van der Waals surface area contributed by atoms with Gasteiger partial charge in [-0.15, -0.1) is 0 Å². The smallest absolute Gasteiger partial charge is 0.142 e. The van der Waals surface area contributed by atoms with Gasteiger partial charge in [0.05, 0.1) is 18.3 Å². The highest BCUT2D eigenvalue weighted by Crippen LogP contribution is 2.41. The Bertz CT molecular complexity index is 1180. The lowest BCUT2D eigenvalue weighted by Crippen LogP contribution is -2.02. The Morgan fingerprint density at radius 1 is 1.25 bits per heavy atom. The molecule has 1 N–H and O–H groups in total. The van der Waals surface area contributed by atoms with E-state index in [0.717, 1.165) is 27.7 Å². The number of ether oxygens (including phenoxy) is 1. The molecule has 5 nitrogen and oxygen atoms in total. The van der Waals surface area contributed by atoms with Crippen molar-refractivity contribution in [3.8, 4) is 16.9 Å². The number of aryl methyl sites for hydroxylation is 1. The summed E-state index contributed by atoms with van der Waals surface area (Å²) in [6.45, 7) is 1.95. The van der Waals surface area contributed by atoms with Crippen LogP contribution in [-0.4, -0.2) is 26.9 Å². The quantitative estimate of drug-likeness (QED) is 0.471. The van der Waals surface area contributed by atoms with Gasteiger partial charge in [-0.05, 0) is 23.8 Å². The second-order valence-electron chi connectivity index (χ2n) is 6.54. The highest BCUT2D eigenvalue weighted by molar-refractivity contribution is 6.32. The van der Waals surface area contributed by atoms with Crippen LogP contribution in [-0.2, 0) is 7.05 Å². The number of rotatable bonds is 4. The summed E-state index contributed by atoms with van der Waals surface area (Å²) in [4.78, 5) is 7.66. The molecule has 144 valence electrons. The maximum atomic E-state index is 14.1. The number of aromatic nitrogens is 4. The first-order valence-electron chi connectivity index (χ1n) is 8.59. The van der Waals surface area contributed by atoms with Crippen molar-refractivity contribution < 1.29 is 9.13 Å². The standard InChI is InChI=1S/C20H17Cl2FN4O/c1-10(17-16(28-3)5-4-15(23)18(17)21)13-8-25-20-12(13)6-11(7-24-20)14-9-26-27(2)19(14)22/h4-10H,1-3H3,(H,24,25). The van der Waals surface area contributed by atoms with E-state index in [0.29, 0.717) is 16.5 Å². The van der Waals surface area contributed by atoms with Crippen LogP contribution in [0.4, 0.5) is 4.39 Å². The van der Waals surface area contributed by atoms with Crippen LogP contribution in [0.2, 0.25) is 10.2 Å². The van der Waals surface area contributed by atoms with Gasteiger partial charge in [0.2, 0.25) is 0 Å². The van der Waals surface area contributed by atoms with Gasteiger partial charge in [-0.1, -0.05) is 30.1 Å². The molecule has 0 radical (unpaired) electrons. The van der Waals surface area contributed by atoms with Crippen molar-refractivity contribution in [3.05, 3.63) is 63.9 Å². The number of methoxy groups -OCH3 is 1. The van der Waals surface area contributed by atoms with Gasteiger partial charge in [-0.3, -0.25) is 4.68 Å². The second-order valence-corrected chi connectivity index (χ2v) is 7.27. The summed E-state index contributed by atoms with van der Waals surface area (Å²) in [5.41, 5.74) is 3.87. The number of fused-ring (bicyclic) bond motifs is 1. The first kappa shape index (κ1) is 18.8. The van der Waals surface area contributed by atoms with Gasteiger partial charge >= 0.3 is 0 Å². The van der Waals surface area contributed by atoms with Crippen LogP contribution in [0.3, 0.4) is 0 Å². The van der Waals surface area contributed by atoms with Gasteiger partial charge < -0.3 is 9.72 Å². The minimum absolute atomic E-state index is 0.0561. The lowest BCUT2D eigenvalue weighted by atomic mass is 9.91. The lowest BCUT2D eigenvalue weighted by Gasteiger charge is -2.17. The molecule has 3 heterocycles. The number of aromatic amines is 1. The maximum Gasteiger partial charge on any atom is 0.142 e. The molecule has 0 saturated carbocycles. The maximum absolute atomic E-state index is 14.1. The van der Waals surface area contributed by atoms with Crippen molar-refractivity contribution in [3.63, 3.8) is 0 Å². The van der Waals surface area contributed by atoms with Crippen LogP contribution >= 0.6 is 23.2 Å². The molecule has 1 unspecified atom stereocenters. The molecule has 28 heavy (non-hydrogen) atoms. The molecule has 0 aliphatic carbocycles. The van der Waals surface area contributed by atoms with Gasteiger partial charge in [0.1, 0.15) is 22.4 Å². The van der Waals surface area contributed by atoms with Crippen LogP contribution in [0.5, 0.6) is 5.75 Å². The zero-order chi connectivity index (χ0) is 20.0. The van der Waals surface area contributed by atoms with Gasteiger partial charge in [0, 0.05) is 47.4 Å².